The molecule has 0 spiro atoms. The molecule has 0 amide bonds. The highest BCUT2D eigenvalue weighted by Crippen LogP contribution is 2.22. The summed E-state index contributed by atoms with van der Waals surface area (Å²) in [5, 5.41) is 11.2. The first kappa shape index (κ1) is 20.9. The highest BCUT2D eigenvalue weighted by Gasteiger charge is 2.22. The van der Waals surface area contributed by atoms with Crippen LogP contribution in [0.4, 0.5) is 26.1 Å². The highest BCUT2D eigenvalue weighted by atomic mass is 32.2. The lowest BCUT2D eigenvalue weighted by molar-refractivity contribution is 0.509. The molecular formula is C20H20F2N6O2S. The van der Waals surface area contributed by atoms with Gasteiger partial charge in [-0.1, -0.05) is 0 Å². The van der Waals surface area contributed by atoms with Gasteiger partial charge in [0.1, 0.15) is 16.5 Å². The third-order valence-electron chi connectivity index (χ3n) is 4.95. The Morgan fingerprint density at radius 1 is 1.03 bits per heavy atom. The van der Waals surface area contributed by atoms with Crippen molar-refractivity contribution in [3.05, 3.63) is 66.5 Å². The van der Waals surface area contributed by atoms with Crippen molar-refractivity contribution in [1.29, 1.82) is 0 Å². The Morgan fingerprint density at radius 2 is 1.84 bits per heavy atom. The lowest BCUT2D eigenvalue weighted by atomic mass is 10.1. The SMILES string of the molecule is O=S(=O)(Nc1ccc(F)c(F)c1)c1ccc(N2CCC(Nc3cccnn3)CC2)nc1. The second kappa shape index (κ2) is 8.80. The van der Waals surface area contributed by atoms with E-state index in [1.54, 1.807) is 12.3 Å². The lowest BCUT2D eigenvalue weighted by Crippen LogP contribution is -2.39. The van der Waals surface area contributed by atoms with E-state index in [1.165, 1.54) is 12.3 Å². The van der Waals surface area contributed by atoms with Crippen LogP contribution in [-0.2, 0) is 10.0 Å². The summed E-state index contributed by atoms with van der Waals surface area (Å²) in [4.78, 5) is 6.29. The highest BCUT2D eigenvalue weighted by molar-refractivity contribution is 7.92. The third kappa shape index (κ3) is 5.05. The molecule has 0 unspecified atom stereocenters. The Balaban J connectivity index is 1.37. The van der Waals surface area contributed by atoms with E-state index in [-0.39, 0.29) is 16.6 Å². The number of aromatic nitrogens is 3. The molecule has 1 aliphatic heterocycles. The van der Waals surface area contributed by atoms with Crippen LogP contribution in [0.25, 0.3) is 0 Å². The van der Waals surface area contributed by atoms with E-state index >= 15 is 0 Å². The van der Waals surface area contributed by atoms with Crippen LogP contribution in [0.1, 0.15) is 12.8 Å². The summed E-state index contributed by atoms with van der Waals surface area (Å²) in [6.07, 6.45) is 4.62. The largest absolute Gasteiger partial charge is 0.366 e. The summed E-state index contributed by atoms with van der Waals surface area (Å²) in [5.41, 5.74) is -0.0688. The van der Waals surface area contributed by atoms with Crippen LogP contribution in [-0.4, -0.2) is 42.7 Å². The Bertz CT molecular complexity index is 1140. The Morgan fingerprint density at radius 3 is 2.48 bits per heavy atom. The van der Waals surface area contributed by atoms with Gasteiger partial charge in [0.25, 0.3) is 10.0 Å². The van der Waals surface area contributed by atoms with E-state index in [0.717, 1.165) is 49.9 Å². The van der Waals surface area contributed by atoms with Crippen molar-refractivity contribution < 1.29 is 17.2 Å². The smallest absolute Gasteiger partial charge is 0.263 e. The minimum Gasteiger partial charge on any atom is -0.366 e. The molecule has 1 fully saturated rings. The van der Waals surface area contributed by atoms with Gasteiger partial charge in [0, 0.05) is 37.6 Å². The van der Waals surface area contributed by atoms with Gasteiger partial charge in [0.2, 0.25) is 0 Å². The first-order valence-corrected chi connectivity index (χ1v) is 11.1. The van der Waals surface area contributed by atoms with Crippen molar-refractivity contribution in [2.24, 2.45) is 0 Å². The molecule has 31 heavy (non-hydrogen) atoms. The van der Waals surface area contributed by atoms with Crippen molar-refractivity contribution in [1.82, 2.24) is 15.2 Å². The Hall–Kier alpha value is -3.34. The van der Waals surface area contributed by atoms with Gasteiger partial charge in [-0.05, 0) is 49.2 Å². The summed E-state index contributed by atoms with van der Waals surface area (Å²) >= 11 is 0. The van der Waals surface area contributed by atoms with E-state index in [4.69, 9.17) is 0 Å². The van der Waals surface area contributed by atoms with Gasteiger partial charge < -0.3 is 10.2 Å². The summed E-state index contributed by atoms with van der Waals surface area (Å²) in [6, 6.07) is 9.83. The number of nitrogens with zero attached hydrogens (tertiary/aromatic N) is 4. The minimum absolute atomic E-state index is 0.0688. The number of rotatable bonds is 6. The molecule has 1 aromatic carbocycles. The average Bonchev–Trinajstić information content (AvgIpc) is 2.77. The lowest BCUT2D eigenvalue weighted by Gasteiger charge is -2.33. The van der Waals surface area contributed by atoms with Crippen LogP contribution in [0.2, 0.25) is 0 Å². The van der Waals surface area contributed by atoms with Gasteiger partial charge in [-0.2, -0.15) is 5.10 Å². The van der Waals surface area contributed by atoms with Gasteiger partial charge in [-0.15, -0.1) is 5.10 Å². The summed E-state index contributed by atoms with van der Waals surface area (Å²) in [6.45, 7) is 1.51. The number of piperidine rings is 1. The molecule has 0 atom stereocenters. The van der Waals surface area contributed by atoms with Gasteiger partial charge in [-0.25, -0.2) is 22.2 Å². The zero-order valence-electron chi connectivity index (χ0n) is 16.4. The molecule has 3 aromatic rings. The van der Waals surface area contributed by atoms with Gasteiger partial charge in [0.15, 0.2) is 11.6 Å². The van der Waals surface area contributed by atoms with Crippen LogP contribution in [0.15, 0.2) is 59.8 Å². The second-order valence-corrected chi connectivity index (χ2v) is 8.78. The second-order valence-electron chi connectivity index (χ2n) is 7.10. The maximum atomic E-state index is 13.3. The summed E-state index contributed by atoms with van der Waals surface area (Å²) in [7, 11) is -3.98. The average molecular weight is 446 g/mol. The topological polar surface area (TPSA) is 100 Å². The van der Waals surface area contributed by atoms with Crippen LogP contribution >= 0.6 is 0 Å². The molecule has 2 aromatic heterocycles. The number of hydrogen-bond acceptors (Lipinski definition) is 7. The van der Waals surface area contributed by atoms with Crippen LogP contribution in [0.3, 0.4) is 0 Å². The first-order valence-electron chi connectivity index (χ1n) is 9.64. The summed E-state index contributed by atoms with van der Waals surface area (Å²) in [5.74, 6) is -0.776. The maximum absolute atomic E-state index is 13.3. The fraction of sp³-hybridized carbons (Fsp3) is 0.250. The molecule has 0 aliphatic carbocycles. The molecule has 2 N–H and O–H groups in total. The number of hydrogen-bond donors (Lipinski definition) is 2. The van der Waals surface area contributed by atoms with Crippen molar-refractivity contribution in [2.75, 3.05) is 28.0 Å². The molecule has 0 saturated carbocycles. The molecule has 1 saturated heterocycles. The van der Waals surface area contributed by atoms with Crippen LogP contribution in [0.5, 0.6) is 0 Å². The zero-order chi connectivity index (χ0) is 21.8. The number of sulfonamides is 1. The minimum atomic E-state index is -3.98. The first-order chi connectivity index (χ1) is 14.9. The molecule has 162 valence electrons. The van der Waals surface area contributed by atoms with E-state index in [9.17, 15) is 17.2 Å². The van der Waals surface area contributed by atoms with E-state index < -0.39 is 21.7 Å². The van der Waals surface area contributed by atoms with E-state index in [0.29, 0.717) is 5.82 Å². The van der Waals surface area contributed by atoms with Crippen LogP contribution in [0, 0.1) is 11.6 Å². The van der Waals surface area contributed by atoms with Crippen molar-refractivity contribution in [3.63, 3.8) is 0 Å². The molecule has 4 rings (SSSR count). The van der Waals surface area contributed by atoms with Crippen LogP contribution < -0.4 is 14.9 Å². The van der Waals surface area contributed by atoms with E-state index in [1.807, 2.05) is 12.1 Å². The molecular weight excluding hydrogens is 426 g/mol. The van der Waals surface area contributed by atoms with E-state index in [2.05, 4.69) is 30.1 Å². The Labute approximate surface area is 178 Å². The molecule has 0 radical (unpaired) electrons. The third-order valence-corrected chi connectivity index (χ3v) is 6.31. The molecule has 11 heteroatoms. The van der Waals surface area contributed by atoms with Gasteiger partial charge >= 0.3 is 0 Å². The molecule has 0 bridgehead atoms. The molecule has 1 aliphatic rings. The van der Waals surface area contributed by atoms with Crippen molar-refractivity contribution >= 4 is 27.3 Å². The molecule has 3 heterocycles. The fourth-order valence-corrected chi connectivity index (χ4v) is 4.33. The Kier molecular flexibility index (Phi) is 5.94. The number of pyridine rings is 1. The fourth-order valence-electron chi connectivity index (χ4n) is 3.33. The maximum Gasteiger partial charge on any atom is 0.263 e. The predicted octanol–water partition coefficient (Wildman–Crippen LogP) is 3.03. The molecule has 8 nitrogen and oxygen atoms in total. The number of nitrogens with one attached hydrogen (secondary N) is 2. The quantitative estimate of drug-likeness (QED) is 0.600. The normalized spacial score (nSPS) is 15.0. The van der Waals surface area contributed by atoms with Crippen molar-refractivity contribution in [2.45, 2.75) is 23.8 Å². The zero-order valence-corrected chi connectivity index (χ0v) is 17.2. The van der Waals surface area contributed by atoms with Crippen molar-refractivity contribution in [3.8, 4) is 0 Å². The summed E-state index contributed by atoms with van der Waals surface area (Å²) < 4.78 is 53.6. The predicted molar refractivity (Wildman–Crippen MR) is 112 cm³/mol. The number of halogens is 2. The van der Waals surface area contributed by atoms with Gasteiger partial charge in [0.05, 0.1) is 5.69 Å². The van der Waals surface area contributed by atoms with Gasteiger partial charge in [-0.3, -0.25) is 4.72 Å². The number of benzene rings is 1. The number of anilines is 3. The monoisotopic (exact) mass is 446 g/mol. The standard InChI is InChI=1S/C20H20F2N6O2S/c21-17-5-3-15(12-18(17)22)27-31(29,30)16-4-6-20(23-13-16)28-10-7-14(8-11-28)25-19-2-1-9-24-26-19/h1-6,9,12-14,27H,7-8,10-11H2,(H,25,26).